The van der Waals surface area contributed by atoms with Crippen LogP contribution in [0.4, 0.5) is 18.9 Å². The Bertz CT molecular complexity index is 1020. The topological polar surface area (TPSA) is 58.2 Å². The molecule has 3 aromatic carbocycles. The number of anilines is 1. The molecule has 0 saturated heterocycles. The summed E-state index contributed by atoms with van der Waals surface area (Å²) >= 11 is 0. The molecule has 4 nitrogen and oxygen atoms in total. The fraction of sp³-hybridized carbons (Fsp3) is 0.143. The number of alkyl halides is 3. The zero-order valence-electron chi connectivity index (χ0n) is 14.7. The molecule has 0 heterocycles. The number of carbonyl (C=O) groups excluding carboxylic acids is 2. The summed E-state index contributed by atoms with van der Waals surface area (Å²) in [6.07, 6.45) is -4.44. The molecule has 0 aliphatic rings. The third kappa shape index (κ3) is 5.09. The Morgan fingerprint density at radius 3 is 2.29 bits per heavy atom. The van der Waals surface area contributed by atoms with Gasteiger partial charge in [-0.15, -0.1) is 0 Å². The Labute approximate surface area is 159 Å². The van der Waals surface area contributed by atoms with E-state index < -0.39 is 18.6 Å². The molecule has 3 rings (SSSR count). The molecule has 0 unspecified atom stereocenters. The molecule has 0 saturated carbocycles. The average Bonchev–Trinajstić information content (AvgIpc) is 2.66. The highest BCUT2D eigenvalue weighted by atomic mass is 19.4. The number of hydrogen-bond donors (Lipinski definition) is 2. The minimum absolute atomic E-state index is 0.0291. The van der Waals surface area contributed by atoms with Crippen molar-refractivity contribution in [2.75, 3.05) is 11.9 Å². The van der Waals surface area contributed by atoms with Gasteiger partial charge in [-0.25, -0.2) is 0 Å². The summed E-state index contributed by atoms with van der Waals surface area (Å²) in [7, 11) is 0. The minimum Gasteiger partial charge on any atom is -0.343 e. The maximum absolute atomic E-state index is 12.4. The molecule has 28 heavy (non-hydrogen) atoms. The molecule has 0 radical (unpaired) electrons. The zero-order valence-corrected chi connectivity index (χ0v) is 14.7. The average molecular weight is 386 g/mol. The predicted molar refractivity (Wildman–Crippen MR) is 101 cm³/mol. The summed E-state index contributed by atoms with van der Waals surface area (Å²) in [5.74, 6) is -1.27. The molecule has 2 amide bonds. The number of hydrogen-bond acceptors (Lipinski definition) is 2. The van der Waals surface area contributed by atoms with Crippen molar-refractivity contribution in [1.82, 2.24) is 5.32 Å². The van der Waals surface area contributed by atoms with Crippen LogP contribution in [0.25, 0.3) is 10.8 Å². The largest absolute Gasteiger partial charge is 0.405 e. The number of nitrogens with one attached hydrogen (secondary N) is 2. The van der Waals surface area contributed by atoms with Crippen LogP contribution in [0.5, 0.6) is 0 Å². The third-order valence-electron chi connectivity index (χ3n) is 4.07. The van der Waals surface area contributed by atoms with E-state index in [0.717, 1.165) is 16.3 Å². The summed E-state index contributed by atoms with van der Waals surface area (Å²) in [5, 5.41) is 6.47. The summed E-state index contributed by atoms with van der Waals surface area (Å²) < 4.78 is 36.9. The van der Waals surface area contributed by atoms with E-state index in [9.17, 15) is 22.8 Å². The Hall–Kier alpha value is -3.35. The van der Waals surface area contributed by atoms with Gasteiger partial charge in [0.05, 0.1) is 17.7 Å². The lowest BCUT2D eigenvalue weighted by atomic mass is 10.0. The first-order chi connectivity index (χ1) is 13.3. The van der Waals surface area contributed by atoms with Gasteiger partial charge >= 0.3 is 6.18 Å². The van der Waals surface area contributed by atoms with E-state index in [0.29, 0.717) is 0 Å². The molecule has 0 fully saturated rings. The molecule has 7 heteroatoms. The van der Waals surface area contributed by atoms with E-state index in [-0.39, 0.29) is 23.6 Å². The smallest absolute Gasteiger partial charge is 0.343 e. The van der Waals surface area contributed by atoms with Crippen LogP contribution < -0.4 is 10.6 Å². The highest BCUT2D eigenvalue weighted by molar-refractivity contribution is 6.04. The molecule has 2 N–H and O–H groups in total. The number of fused-ring (bicyclic) bond motifs is 1. The van der Waals surface area contributed by atoms with Crippen LogP contribution in [0.15, 0.2) is 66.7 Å². The van der Waals surface area contributed by atoms with Crippen LogP contribution in [-0.4, -0.2) is 24.5 Å². The predicted octanol–water partition coefficient (Wildman–Crippen LogP) is 4.31. The summed E-state index contributed by atoms with van der Waals surface area (Å²) in [6.45, 7) is -1.44. The quantitative estimate of drug-likeness (QED) is 0.686. The van der Waals surface area contributed by atoms with Gasteiger partial charge in [-0.05, 0) is 28.5 Å². The van der Waals surface area contributed by atoms with Crippen molar-refractivity contribution in [3.05, 3.63) is 77.9 Å². The third-order valence-corrected chi connectivity index (χ3v) is 4.07. The van der Waals surface area contributed by atoms with E-state index in [4.69, 9.17) is 0 Å². The molecule has 0 aromatic heterocycles. The molecule has 0 spiro atoms. The first-order valence-electron chi connectivity index (χ1n) is 8.53. The van der Waals surface area contributed by atoms with Crippen LogP contribution >= 0.6 is 0 Å². The van der Waals surface area contributed by atoms with Crippen LogP contribution in [0, 0.1) is 0 Å². The summed E-state index contributed by atoms with van der Waals surface area (Å²) in [4.78, 5) is 24.4. The summed E-state index contributed by atoms with van der Waals surface area (Å²) in [5.41, 5.74) is 0.918. The Kier molecular flexibility index (Phi) is 5.63. The van der Waals surface area contributed by atoms with Crippen LogP contribution in [-0.2, 0) is 11.2 Å². The molecule has 0 bridgehead atoms. The van der Waals surface area contributed by atoms with Gasteiger partial charge in [0, 0.05) is 0 Å². The first kappa shape index (κ1) is 19.4. The van der Waals surface area contributed by atoms with E-state index in [1.54, 1.807) is 6.07 Å². The number of rotatable bonds is 5. The van der Waals surface area contributed by atoms with Crippen molar-refractivity contribution in [2.24, 2.45) is 0 Å². The van der Waals surface area contributed by atoms with Crippen LogP contribution in [0.3, 0.4) is 0 Å². The Morgan fingerprint density at radius 2 is 1.54 bits per heavy atom. The zero-order chi connectivity index (χ0) is 20.1. The van der Waals surface area contributed by atoms with Crippen molar-refractivity contribution in [2.45, 2.75) is 12.6 Å². The normalized spacial score (nSPS) is 11.2. The highest BCUT2D eigenvalue weighted by Gasteiger charge is 2.28. The maximum Gasteiger partial charge on any atom is 0.405 e. The van der Waals surface area contributed by atoms with Crippen LogP contribution in [0.2, 0.25) is 0 Å². The van der Waals surface area contributed by atoms with E-state index >= 15 is 0 Å². The van der Waals surface area contributed by atoms with Gasteiger partial charge in [0.1, 0.15) is 6.54 Å². The fourth-order valence-electron chi connectivity index (χ4n) is 2.79. The van der Waals surface area contributed by atoms with Gasteiger partial charge in [0.2, 0.25) is 5.91 Å². The van der Waals surface area contributed by atoms with Crippen molar-refractivity contribution in [3.8, 4) is 0 Å². The Balaban J connectivity index is 1.70. The van der Waals surface area contributed by atoms with Crippen molar-refractivity contribution in [3.63, 3.8) is 0 Å². The minimum atomic E-state index is -4.51. The van der Waals surface area contributed by atoms with Gasteiger partial charge in [0.25, 0.3) is 5.91 Å². The maximum atomic E-state index is 12.4. The first-order valence-corrected chi connectivity index (χ1v) is 8.53. The SMILES string of the molecule is O=C(Cc1ccc2ccccc2c1)Nc1ccccc1C(=O)NCC(F)(F)F. The van der Waals surface area contributed by atoms with Gasteiger partial charge in [-0.3, -0.25) is 9.59 Å². The molecule has 0 atom stereocenters. The lowest BCUT2D eigenvalue weighted by Crippen LogP contribution is -2.34. The molecule has 144 valence electrons. The molecule has 0 aliphatic carbocycles. The highest BCUT2D eigenvalue weighted by Crippen LogP contribution is 2.19. The molecular formula is C21H17F3N2O2. The molecule has 3 aromatic rings. The second-order valence-electron chi connectivity index (χ2n) is 6.25. The fourth-order valence-corrected chi connectivity index (χ4v) is 2.79. The van der Waals surface area contributed by atoms with Gasteiger partial charge in [-0.2, -0.15) is 13.2 Å². The van der Waals surface area contributed by atoms with E-state index in [1.165, 1.54) is 18.2 Å². The lowest BCUT2D eigenvalue weighted by Gasteiger charge is -2.13. The number of para-hydroxylation sites is 1. The standard InChI is InChI=1S/C21H17F3N2O2/c22-21(23,24)13-25-20(28)17-7-3-4-8-18(17)26-19(27)12-14-9-10-15-5-1-2-6-16(15)11-14/h1-11H,12-13H2,(H,25,28)(H,26,27). The van der Waals surface area contributed by atoms with E-state index in [1.807, 2.05) is 47.8 Å². The number of benzene rings is 3. The number of carbonyl (C=O) groups is 2. The van der Waals surface area contributed by atoms with Gasteiger partial charge in [0.15, 0.2) is 0 Å². The van der Waals surface area contributed by atoms with E-state index in [2.05, 4.69) is 5.32 Å². The number of amides is 2. The second-order valence-corrected chi connectivity index (χ2v) is 6.25. The second kappa shape index (κ2) is 8.12. The van der Waals surface area contributed by atoms with Crippen molar-refractivity contribution < 1.29 is 22.8 Å². The van der Waals surface area contributed by atoms with Crippen LogP contribution in [0.1, 0.15) is 15.9 Å². The molecule has 0 aliphatic heterocycles. The van der Waals surface area contributed by atoms with Crippen molar-refractivity contribution in [1.29, 1.82) is 0 Å². The lowest BCUT2D eigenvalue weighted by molar-refractivity contribution is -0.123. The number of halogens is 3. The van der Waals surface area contributed by atoms with Gasteiger partial charge in [-0.1, -0.05) is 54.6 Å². The summed E-state index contributed by atoms with van der Waals surface area (Å²) in [6, 6.07) is 19.3. The monoisotopic (exact) mass is 386 g/mol. The Morgan fingerprint density at radius 1 is 0.857 bits per heavy atom. The molecular weight excluding hydrogens is 369 g/mol. The van der Waals surface area contributed by atoms with Gasteiger partial charge < -0.3 is 10.6 Å². The van der Waals surface area contributed by atoms with Crippen molar-refractivity contribution >= 4 is 28.3 Å².